The Labute approximate surface area is 423 Å². The van der Waals surface area contributed by atoms with Crippen LogP contribution in [0.3, 0.4) is 0 Å². The van der Waals surface area contributed by atoms with Crippen molar-refractivity contribution in [2.75, 3.05) is 14.2 Å². The number of aromatic amines is 2. The number of imidazole rings is 2. The number of likely N-dealkylation sites (tertiary alicyclic amines) is 2. The van der Waals surface area contributed by atoms with Crippen LogP contribution in [0.2, 0.25) is 0 Å². The van der Waals surface area contributed by atoms with Gasteiger partial charge in [-0.15, -0.1) is 0 Å². The van der Waals surface area contributed by atoms with Crippen LogP contribution in [0.4, 0.5) is 9.59 Å². The third-order valence-electron chi connectivity index (χ3n) is 16.8. The molecule has 4 bridgehead atoms. The summed E-state index contributed by atoms with van der Waals surface area (Å²) in [4.78, 5) is 74.9. The number of carbonyl (C=O) groups excluding carboxylic acids is 4. The lowest BCUT2D eigenvalue weighted by Crippen LogP contribution is -2.53. The number of nitrogens with zero attached hydrogens (tertiary/aromatic N) is 4. The summed E-state index contributed by atoms with van der Waals surface area (Å²) in [6.07, 6.45) is 16.4. The molecule has 13 rings (SSSR count). The maximum atomic E-state index is 14.5. The number of rotatable bonds is 11. The van der Waals surface area contributed by atoms with E-state index in [0.717, 1.165) is 111 Å². The van der Waals surface area contributed by atoms with E-state index < -0.39 is 24.3 Å². The molecule has 4 N–H and O–H groups in total. The first-order chi connectivity index (χ1) is 34.9. The molecule has 14 nitrogen and oxygen atoms in total. The van der Waals surface area contributed by atoms with Crippen LogP contribution in [-0.4, -0.2) is 92.1 Å². The van der Waals surface area contributed by atoms with Crippen molar-refractivity contribution < 1.29 is 28.7 Å². The number of H-pyrrole nitrogens is 2. The molecule has 4 heterocycles. The molecule has 2 saturated heterocycles. The number of amides is 4. The van der Waals surface area contributed by atoms with Gasteiger partial charge in [-0.25, -0.2) is 19.6 Å². The molecule has 4 amide bonds. The van der Waals surface area contributed by atoms with Crippen molar-refractivity contribution in [2.24, 2.45) is 23.7 Å². The van der Waals surface area contributed by atoms with Gasteiger partial charge in [0.15, 0.2) is 0 Å². The number of methoxy groups -OCH3 is 2. The molecule has 6 unspecified atom stereocenters. The lowest BCUT2D eigenvalue weighted by atomic mass is 9.84. The minimum absolute atomic E-state index is 0.0646. The zero-order valence-corrected chi connectivity index (χ0v) is 42.8. The molecule has 6 aliphatic carbocycles. The van der Waals surface area contributed by atoms with Gasteiger partial charge < -0.3 is 39.9 Å². The molecule has 8 atom stereocenters. The Morgan fingerprint density at radius 3 is 1.51 bits per heavy atom. The second-order valence-electron chi connectivity index (χ2n) is 21.9. The van der Waals surface area contributed by atoms with Crippen molar-refractivity contribution in [1.82, 2.24) is 40.4 Å². The fraction of sp³-hybridized carbons (Fsp3) is 0.517. The summed E-state index contributed by atoms with van der Waals surface area (Å²) in [7, 11) is 2.66. The van der Waals surface area contributed by atoms with Gasteiger partial charge in [0.2, 0.25) is 11.8 Å². The van der Waals surface area contributed by atoms with E-state index in [4.69, 9.17) is 19.4 Å². The van der Waals surface area contributed by atoms with E-state index in [-0.39, 0.29) is 47.8 Å². The predicted molar refractivity (Wildman–Crippen MR) is 277 cm³/mol. The van der Waals surface area contributed by atoms with Gasteiger partial charge in [-0.05, 0) is 133 Å². The van der Waals surface area contributed by atoms with Crippen LogP contribution in [0.5, 0.6) is 0 Å². The Bertz CT molecular complexity index is 2780. The van der Waals surface area contributed by atoms with E-state index in [1.54, 1.807) is 0 Å². The summed E-state index contributed by atoms with van der Waals surface area (Å²) in [5.41, 5.74) is 11.6. The molecule has 2 aromatic heterocycles. The van der Waals surface area contributed by atoms with Gasteiger partial charge in [0.1, 0.15) is 23.7 Å². The summed E-state index contributed by atoms with van der Waals surface area (Å²) >= 11 is 0. The lowest BCUT2D eigenvalue weighted by Gasteiger charge is -2.36. The van der Waals surface area contributed by atoms with Gasteiger partial charge in [0, 0.05) is 17.6 Å². The highest BCUT2D eigenvalue weighted by atomic mass is 16.5. The molecule has 5 aromatic rings. The van der Waals surface area contributed by atoms with Crippen molar-refractivity contribution >= 4 is 24.0 Å². The molecule has 4 fully saturated rings. The van der Waals surface area contributed by atoms with Gasteiger partial charge in [-0.2, -0.15) is 0 Å². The number of hydrogen-bond acceptors (Lipinski definition) is 8. The van der Waals surface area contributed by atoms with Crippen molar-refractivity contribution in [2.45, 2.75) is 154 Å². The fourth-order valence-corrected chi connectivity index (χ4v) is 13.0. The first-order valence-electron chi connectivity index (χ1n) is 26.7. The van der Waals surface area contributed by atoms with Gasteiger partial charge >= 0.3 is 12.2 Å². The van der Waals surface area contributed by atoms with Crippen LogP contribution >= 0.6 is 0 Å². The number of ether oxygens (including phenoxy) is 2. The third kappa shape index (κ3) is 9.77. The van der Waals surface area contributed by atoms with Crippen LogP contribution in [0.1, 0.15) is 138 Å². The molecule has 3 aromatic carbocycles. The summed E-state index contributed by atoms with van der Waals surface area (Å²) in [6.45, 7) is 7.84. The highest BCUT2D eigenvalue weighted by molar-refractivity contribution is 5.88. The van der Waals surface area contributed by atoms with Crippen molar-refractivity contribution in [1.29, 1.82) is 0 Å². The van der Waals surface area contributed by atoms with E-state index in [9.17, 15) is 19.2 Å². The number of nitrogens with one attached hydrogen (secondary N) is 4. The molecular weight excluding hydrogens is 905 g/mol. The Balaban J connectivity index is 0.863. The Hall–Kier alpha value is -6.44. The molecule has 2 saturated carbocycles. The molecule has 380 valence electrons. The monoisotopic (exact) mass is 977 g/mol. The number of benzene rings is 3. The number of fused-ring (bicyclic) bond motifs is 2. The number of aryl methyl sites for hydroxylation is 4. The summed E-state index contributed by atoms with van der Waals surface area (Å²) in [5, 5.41) is 5.66. The first-order valence-corrected chi connectivity index (χ1v) is 26.7. The highest BCUT2D eigenvalue weighted by Crippen LogP contribution is 2.48. The quantitative estimate of drug-likeness (QED) is 0.101. The highest BCUT2D eigenvalue weighted by Gasteiger charge is 2.50. The topological polar surface area (TPSA) is 175 Å². The molecule has 72 heavy (non-hydrogen) atoms. The van der Waals surface area contributed by atoms with E-state index in [1.807, 2.05) is 45.0 Å². The SMILES string of the molecule is COC(=O)NC(C(=O)N1C2CCCCC2C[C@H]1c1ncc(-c2ccc(-c3cc4ccc3CCc3ccc(c(-c5cnc([C@@H]6CC7CCCCC7N6C(=O)C(NC(=O)OC)C(C)C)[nH]5)c3)CC4)cc2)[nH]1)C(C)C. The fourth-order valence-electron chi connectivity index (χ4n) is 13.0. The lowest BCUT2D eigenvalue weighted by molar-refractivity contribution is -0.139. The predicted octanol–water partition coefficient (Wildman–Crippen LogP) is 10.4. The average Bonchev–Trinajstić information content (AvgIpc) is 4.22. The number of aromatic nitrogens is 4. The molecule has 2 aliphatic heterocycles. The molecular formula is C58H72N8O6. The number of carbonyl (C=O) groups is 4. The molecule has 14 heteroatoms. The van der Waals surface area contributed by atoms with Crippen LogP contribution in [-0.2, 0) is 44.7 Å². The smallest absolute Gasteiger partial charge is 0.407 e. The van der Waals surface area contributed by atoms with Crippen molar-refractivity contribution in [3.05, 3.63) is 107 Å². The minimum atomic E-state index is -0.691. The van der Waals surface area contributed by atoms with Crippen LogP contribution in [0.25, 0.3) is 33.6 Å². The van der Waals surface area contributed by atoms with Crippen LogP contribution in [0, 0.1) is 23.7 Å². The van der Waals surface area contributed by atoms with E-state index in [2.05, 4.69) is 86.2 Å². The van der Waals surface area contributed by atoms with Gasteiger partial charge in [0.25, 0.3) is 0 Å². The van der Waals surface area contributed by atoms with E-state index in [1.165, 1.54) is 60.4 Å². The largest absolute Gasteiger partial charge is 0.453 e. The summed E-state index contributed by atoms with van der Waals surface area (Å²) in [6, 6.07) is 21.1. The summed E-state index contributed by atoms with van der Waals surface area (Å²) < 4.78 is 9.84. The Morgan fingerprint density at radius 1 is 0.569 bits per heavy atom. The zero-order chi connectivity index (χ0) is 50.2. The standard InChI is InChI=1S/C58H72N8O6/c1-33(2)51(63-57(69)71-5)55(67)65-47-13-9-7-11-41(47)29-49(65)53-59-31-45(61-53)40-25-23-38(24-26-40)43-27-35-15-19-37(43)20-16-36-18-22-39(21-17-35)44(28-36)46-32-60-54(62-46)50-30-42-12-8-10-14-48(42)66(50)56(68)52(34(3)4)64-58(70)72-6/h15,18-19,22-28,31-34,41-42,47-52H,7-14,16-17,20-21,29-30H2,1-6H3,(H,59,61)(H,60,62)(H,63,69)(H,64,70)/t41?,42?,47?,48?,49-,50-,51?,52?/m0/s1. The Kier molecular flexibility index (Phi) is 14.3. The maximum Gasteiger partial charge on any atom is 0.407 e. The zero-order valence-electron chi connectivity index (χ0n) is 42.8. The Morgan fingerprint density at radius 2 is 1.01 bits per heavy atom. The van der Waals surface area contributed by atoms with Gasteiger partial charge in [-0.3, -0.25) is 9.59 Å². The molecule has 0 spiro atoms. The van der Waals surface area contributed by atoms with Gasteiger partial charge in [-0.1, -0.05) is 108 Å². The van der Waals surface area contributed by atoms with E-state index >= 15 is 0 Å². The number of alkyl carbamates (subject to hydrolysis) is 2. The average molecular weight is 977 g/mol. The van der Waals surface area contributed by atoms with Crippen molar-refractivity contribution in [3.63, 3.8) is 0 Å². The first kappa shape index (κ1) is 49.2. The van der Waals surface area contributed by atoms with E-state index in [0.29, 0.717) is 11.8 Å². The maximum absolute atomic E-state index is 14.5. The summed E-state index contributed by atoms with van der Waals surface area (Å²) in [5.74, 6) is 2.04. The van der Waals surface area contributed by atoms with Crippen LogP contribution < -0.4 is 10.6 Å². The number of hydrogen-bond donors (Lipinski definition) is 4. The van der Waals surface area contributed by atoms with Crippen molar-refractivity contribution in [3.8, 4) is 33.6 Å². The molecule has 8 aliphatic rings. The van der Waals surface area contributed by atoms with Gasteiger partial charge in [0.05, 0.1) is 50.1 Å². The molecule has 0 radical (unpaired) electrons. The third-order valence-corrected chi connectivity index (χ3v) is 16.8. The normalized spacial score (nSPS) is 23.5. The minimum Gasteiger partial charge on any atom is -0.453 e. The second kappa shape index (κ2) is 21.0. The van der Waals surface area contributed by atoms with Crippen LogP contribution in [0.15, 0.2) is 73.1 Å². The second-order valence-corrected chi connectivity index (χ2v) is 21.9.